The molecule has 0 aliphatic heterocycles. The molecule has 0 aliphatic carbocycles. The number of para-hydroxylation sites is 1. The highest BCUT2D eigenvalue weighted by atomic mass is 35.5. The fraction of sp³-hybridized carbons (Fsp3) is 0.321. The number of rotatable bonds is 9. The van der Waals surface area contributed by atoms with Crippen molar-refractivity contribution >= 4 is 23.3 Å². The standard InChI is InChI=1S/C28H34ClN3O/c1-6-15-32(19-24-12-9-16-31(24)18-22-10-7-11-23(29)17-22)28(33)30-27-25(20(2)3)13-8-14-26(27)21(4)5/h6-14,16-17,20-21H,1,15,18-19H2,2-5H3,(H,30,33). The van der Waals surface area contributed by atoms with Gasteiger partial charge >= 0.3 is 6.03 Å². The van der Waals surface area contributed by atoms with Gasteiger partial charge in [-0.15, -0.1) is 6.58 Å². The predicted molar refractivity (Wildman–Crippen MR) is 139 cm³/mol. The molecule has 1 heterocycles. The van der Waals surface area contributed by atoms with Gasteiger partial charge in [0.25, 0.3) is 0 Å². The Morgan fingerprint density at radius 3 is 2.33 bits per heavy atom. The van der Waals surface area contributed by atoms with Gasteiger partial charge in [0.05, 0.1) is 6.54 Å². The van der Waals surface area contributed by atoms with E-state index in [0.29, 0.717) is 31.5 Å². The van der Waals surface area contributed by atoms with Crippen molar-refractivity contribution in [2.75, 3.05) is 11.9 Å². The number of benzene rings is 2. The van der Waals surface area contributed by atoms with Crippen LogP contribution in [0.15, 0.2) is 73.4 Å². The van der Waals surface area contributed by atoms with Crippen LogP contribution in [0.5, 0.6) is 0 Å². The maximum absolute atomic E-state index is 13.4. The first-order chi connectivity index (χ1) is 15.8. The Kier molecular flexibility index (Phi) is 8.40. The molecule has 1 N–H and O–H groups in total. The average Bonchev–Trinajstić information content (AvgIpc) is 3.19. The lowest BCUT2D eigenvalue weighted by molar-refractivity contribution is 0.214. The van der Waals surface area contributed by atoms with Crippen LogP contribution in [0.2, 0.25) is 5.02 Å². The number of nitrogens with zero attached hydrogens (tertiary/aromatic N) is 2. The van der Waals surface area contributed by atoms with Gasteiger partial charge < -0.3 is 14.8 Å². The highest BCUT2D eigenvalue weighted by Crippen LogP contribution is 2.32. The smallest absolute Gasteiger partial charge is 0.322 e. The molecule has 33 heavy (non-hydrogen) atoms. The van der Waals surface area contributed by atoms with Crippen LogP contribution in [0.4, 0.5) is 10.5 Å². The molecule has 0 radical (unpaired) electrons. The number of amides is 2. The lowest BCUT2D eigenvalue weighted by Crippen LogP contribution is -2.36. The molecule has 3 rings (SSSR count). The van der Waals surface area contributed by atoms with Gasteiger partial charge in [-0.05, 0) is 52.8 Å². The summed E-state index contributed by atoms with van der Waals surface area (Å²) in [7, 11) is 0. The zero-order valence-electron chi connectivity index (χ0n) is 20.0. The van der Waals surface area contributed by atoms with Crippen LogP contribution in [-0.4, -0.2) is 22.0 Å². The van der Waals surface area contributed by atoms with Crippen LogP contribution in [0, 0.1) is 0 Å². The average molecular weight is 464 g/mol. The molecule has 2 aromatic carbocycles. The van der Waals surface area contributed by atoms with E-state index in [0.717, 1.165) is 33.1 Å². The third kappa shape index (κ3) is 6.29. The van der Waals surface area contributed by atoms with Crippen LogP contribution in [0.3, 0.4) is 0 Å². The van der Waals surface area contributed by atoms with Gasteiger partial charge in [-0.1, -0.05) is 75.7 Å². The van der Waals surface area contributed by atoms with E-state index in [1.54, 1.807) is 11.0 Å². The van der Waals surface area contributed by atoms with Crippen molar-refractivity contribution in [2.24, 2.45) is 0 Å². The quantitative estimate of drug-likeness (QED) is 0.325. The number of nitrogens with one attached hydrogen (secondary N) is 1. The van der Waals surface area contributed by atoms with E-state index in [1.807, 2.05) is 30.5 Å². The Morgan fingerprint density at radius 2 is 1.73 bits per heavy atom. The zero-order valence-corrected chi connectivity index (χ0v) is 20.8. The summed E-state index contributed by atoms with van der Waals surface area (Å²) in [5.41, 5.74) is 5.39. The van der Waals surface area contributed by atoms with Crippen LogP contribution in [0.1, 0.15) is 61.9 Å². The third-order valence-corrected chi connectivity index (χ3v) is 6.00. The highest BCUT2D eigenvalue weighted by Gasteiger charge is 2.20. The number of hydrogen-bond donors (Lipinski definition) is 1. The Balaban J connectivity index is 1.83. The van der Waals surface area contributed by atoms with Crippen LogP contribution in [-0.2, 0) is 13.1 Å². The number of hydrogen-bond acceptors (Lipinski definition) is 1. The second-order valence-electron chi connectivity index (χ2n) is 8.98. The largest absolute Gasteiger partial charge is 0.345 e. The van der Waals surface area contributed by atoms with Crippen molar-refractivity contribution in [1.82, 2.24) is 9.47 Å². The van der Waals surface area contributed by atoms with E-state index in [1.165, 1.54) is 0 Å². The summed E-state index contributed by atoms with van der Waals surface area (Å²) in [6.07, 6.45) is 3.80. The van der Waals surface area contributed by atoms with E-state index < -0.39 is 0 Å². The Bertz CT molecular complexity index is 1070. The van der Waals surface area contributed by atoms with E-state index in [-0.39, 0.29) is 6.03 Å². The molecule has 0 bridgehead atoms. The second-order valence-corrected chi connectivity index (χ2v) is 9.41. The van der Waals surface area contributed by atoms with Gasteiger partial charge in [-0.2, -0.15) is 0 Å². The first-order valence-corrected chi connectivity index (χ1v) is 11.9. The van der Waals surface area contributed by atoms with Crippen molar-refractivity contribution in [1.29, 1.82) is 0 Å². The van der Waals surface area contributed by atoms with Gasteiger partial charge in [-0.3, -0.25) is 0 Å². The van der Waals surface area contributed by atoms with Crippen molar-refractivity contribution in [3.63, 3.8) is 0 Å². The van der Waals surface area contributed by atoms with Crippen molar-refractivity contribution in [2.45, 2.75) is 52.6 Å². The monoisotopic (exact) mass is 463 g/mol. The fourth-order valence-corrected chi connectivity index (χ4v) is 4.24. The normalized spacial score (nSPS) is 11.1. The summed E-state index contributed by atoms with van der Waals surface area (Å²) < 4.78 is 2.15. The Hall–Kier alpha value is -2.98. The van der Waals surface area contributed by atoms with Gasteiger partial charge in [0, 0.05) is 35.7 Å². The minimum atomic E-state index is -0.125. The topological polar surface area (TPSA) is 37.3 Å². The highest BCUT2D eigenvalue weighted by molar-refractivity contribution is 6.30. The maximum atomic E-state index is 13.4. The number of carbonyl (C=O) groups excluding carboxylic acids is 1. The minimum absolute atomic E-state index is 0.125. The molecular weight excluding hydrogens is 430 g/mol. The molecule has 0 unspecified atom stereocenters. The molecule has 0 saturated carbocycles. The Labute approximate surface area is 202 Å². The van der Waals surface area contributed by atoms with Gasteiger partial charge in [0.1, 0.15) is 0 Å². The van der Waals surface area contributed by atoms with E-state index >= 15 is 0 Å². The maximum Gasteiger partial charge on any atom is 0.322 e. The lowest BCUT2D eigenvalue weighted by atomic mass is 9.93. The summed E-state index contributed by atoms with van der Waals surface area (Å²) in [6.45, 7) is 14.1. The van der Waals surface area contributed by atoms with E-state index in [4.69, 9.17) is 11.6 Å². The Morgan fingerprint density at radius 1 is 1.06 bits per heavy atom. The molecule has 4 nitrogen and oxygen atoms in total. The van der Waals surface area contributed by atoms with Crippen molar-refractivity contribution < 1.29 is 4.79 Å². The zero-order chi connectivity index (χ0) is 24.0. The summed E-state index contributed by atoms with van der Waals surface area (Å²) in [5, 5.41) is 3.95. The van der Waals surface area contributed by atoms with Gasteiger partial charge in [0.15, 0.2) is 0 Å². The molecule has 3 aromatic rings. The van der Waals surface area contributed by atoms with Crippen LogP contribution in [0.25, 0.3) is 0 Å². The first kappa shape index (κ1) is 24.7. The number of anilines is 1. The molecule has 0 saturated heterocycles. The molecule has 0 spiro atoms. The molecule has 1 aromatic heterocycles. The molecule has 0 fully saturated rings. The minimum Gasteiger partial charge on any atom is -0.345 e. The molecule has 174 valence electrons. The summed E-state index contributed by atoms with van der Waals surface area (Å²) in [6, 6.07) is 18.1. The third-order valence-electron chi connectivity index (χ3n) is 5.76. The van der Waals surface area contributed by atoms with E-state index in [9.17, 15) is 4.79 Å². The van der Waals surface area contributed by atoms with Crippen LogP contribution < -0.4 is 5.32 Å². The van der Waals surface area contributed by atoms with Crippen molar-refractivity contribution in [3.8, 4) is 0 Å². The number of urea groups is 1. The number of halogens is 1. The van der Waals surface area contributed by atoms with Gasteiger partial charge in [0.2, 0.25) is 0 Å². The molecular formula is C28H34ClN3O. The van der Waals surface area contributed by atoms with E-state index in [2.05, 4.69) is 74.5 Å². The lowest BCUT2D eigenvalue weighted by Gasteiger charge is -2.26. The fourth-order valence-electron chi connectivity index (χ4n) is 4.03. The molecule has 0 atom stereocenters. The SMILES string of the molecule is C=CCN(Cc1cccn1Cc1cccc(Cl)c1)C(=O)Nc1c(C(C)C)cccc1C(C)C. The van der Waals surface area contributed by atoms with Crippen LogP contribution >= 0.6 is 11.6 Å². The first-order valence-electron chi connectivity index (χ1n) is 11.5. The number of carbonyl (C=O) groups is 1. The number of aromatic nitrogens is 1. The summed E-state index contributed by atoms with van der Waals surface area (Å²) >= 11 is 6.16. The van der Waals surface area contributed by atoms with Crippen molar-refractivity contribution in [3.05, 3.63) is 101 Å². The summed E-state index contributed by atoms with van der Waals surface area (Å²) in [4.78, 5) is 15.2. The molecule has 2 amide bonds. The predicted octanol–water partition coefficient (Wildman–Crippen LogP) is 7.66. The molecule has 0 aliphatic rings. The van der Waals surface area contributed by atoms with Gasteiger partial charge in [-0.25, -0.2) is 4.79 Å². The second kappa shape index (κ2) is 11.2. The summed E-state index contributed by atoms with van der Waals surface area (Å²) in [5.74, 6) is 0.614. The molecule has 5 heteroatoms.